The van der Waals surface area contributed by atoms with Crippen LogP contribution in [0.15, 0.2) is 21.4 Å². The Hall–Kier alpha value is 0.01000. The highest BCUT2D eigenvalue weighted by atomic mass is 127. The van der Waals surface area contributed by atoms with E-state index in [0.29, 0.717) is 0 Å². The lowest BCUT2D eigenvalue weighted by Crippen LogP contribution is -1.98. The standard InChI is InChI=1S/C6H8IN/c7-5-1-3-6(8)4-2-5/h1,3H,2,4,8H2. The van der Waals surface area contributed by atoms with Gasteiger partial charge < -0.3 is 5.73 Å². The van der Waals surface area contributed by atoms with Crippen molar-refractivity contribution in [2.75, 3.05) is 0 Å². The predicted octanol–water partition coefficient (Wildman–Crippen LogP) is 1.94. The van der Waals surface area contributed by atoms with Gasteiger partial charge in [-0.1, -0.05) is 6.08 Å². The highest BCUT2D eigenvalue weighted by Crippen LogP contribution is 2.19. The molecule has 1 rings (SSSR count). The Bertz CT molecular complexity index is 129. The van der Waals surface area contributed by atoms with Crippen molar-refractivity contribution in [3.8, 4) is 0 Å². The van der Waals surface area contributed by atoms with E-state index in [0.717, 1.165) is 18.5 Å². The van der Waals surface area contributed by atoms with Crippen molar-refractivity contribution in [1.82, 2.24) is 0 Å². The maximum atomic E-state index is 5.51. The minimum absolute atomic E-state index is 1.01. The Kier molecular flexibility index (Phi) is 1.94. The summed E-state index contributed by atoms with van der Waals surface area (Å²) in [5, 5.41) is 0. The fourth-order valence-corrected chi connectivity index (χ4v) is 1.08. The highest BCUT2D eigenvalue weighted by molar-refractivity contribution is 14.1. The summed E-state index contributed by atoms with van der Waals surface area (Å²) in [5.74, 6) is 0. The molecule has 0 unspecified atom stereocenters. The summed E-state index contributed by atoms with van der Waals surface area (Å²) in [4.78, 5) is 0. The molecule has 1 nitrogen and oxygen atoms in total. The molecule has 0 saturated heterocycles. The maximum Gasteiger partial charge on any atom is 0.00842 e. The minimum atomic E-state index is 1.01. The average molecular weight is 221 g/mol. The molecule has 0 aromatic rings. The molecule has 2 heteroatoms. The van der Waals surface area contributed by atoms with Crippen molar-refractivity contribution in [3.63, 3.8) is 0 Å². The van der Waals surface area contributed by atoms with E-state index >= 15 is 0 Å². The van der Waals surface area contributed by atoms with Gasteiger partial charge in [-0.2, -0.15) is 0 Å². The van der Waals surface area contributed by atoms with Crippen molar-refractivity contribution in [2.45, 2.75) is 12.8 Å². The zero-order chi connectivity index (χ0) is 5.98. The molecule has 0 heterocycles. The first-order valence-corrected chi connectivity index (χ1v) is 3.67. The number of allylic oxidation sites excluding steroid dienone is 4. The van der Waals surface area contributed by atoms with Gasteiger partial charge in [0.05, 0.1) is 0 Å². The second-order valence-electron chi connectivity index (χ2n) is 1.86. The zero-order valence-corrected chi connectivity index (χ0v) is 6.68. The summed E-state index contributed by atoms with van der Waals surface area (Å²) >= 11 is 2.33. The Morgan fingerprint density at radius 1 is 1.38 bits per heavy atom. The lowest BCUT2D eigenvalue weighted by molar-refractivity contribution is 0.939. The Balaban J connectivity index is 2.65. The van der Waals surface area contributed by atoms with Gasteiger partial charge in [0.15, 0.2) is 0 Å². The van der Waals surface area contributed by atoms with Gasteiger partial charge in [-0.3, -0.25) is 0 Å². The molecular formula is C6H8IN. The van der Waals surface area contributed by atoms with Crippen LogP contribution in [0.4, 0.5) is 0 Å². The fraction of sp³-hybridized carbons (Fsp3) is 0.333. The van der Waals surface area contributed by atoms with Crippen molar-refractivity contribution in [2.24, 2.45) is 5.73 Å². The van der Waals surface area contributed by atoms with Crippen LogP contribution >= 0.6 is 22.6 Å². The molecule has 0 atom stereocenters. The minimum Gasteiger partial charge on any atom is -0.402 e. The van der Waals surface area contributed by atoms with E-state index in [1.54, 1.807) is 0 Å². The maximum absolute atomic E-state index is 5.51. The smallest absolute Gasteiger partial charge is 0.00842 e. The van der Waals surface area contributed by atoms with Crippen molar-refractivity contribution < 1.29 is 0 Å². The molecule has 1 aliphatic rings. The van der Waals surface area contributed by atoms with Crippen molar-refractivity contribution >= 4 is 22.6 Å². The van der Waals surface area contributed by atoms with Crippen LogP contribution in [0.3, 0.4) is 0 Å². The monoisotopic (exact) mass is 221 g/mol. The SMILES string of the molecule is NC1=CC=C(I)CC1. The van der Waals surface area contributed by atoms with E-state index in [1.807, 2.05) is 6.08 Å². The lowest BCUT2D eigenvalue weighted by Gasteiger charge is -2.04. The summed E-state index contributed by atoms with van der Waals surface area (Å²) in [5.41, 5.74) is 6.52. The first-order chi connectivity index (χ1) is 3.79. The quantitative estimate of drug-likeness (QED) is 0.621. The Morgan fingerprint density at radius 3 is 2.50 bits per heavy atom. The molecule has 0 fully saturated rings. The fourth-order valence-electron chi connectivity index (χ4n) is 0.628. The number of hydrogen-bond acceptors (Lipinski definition) is 1. The second-order valence-corrected chi connectivity index (χ2v) is 3.24. The van der Waals surface area contributed by atoms with Gasteiger partial charge in [-0.05, 0) is 45.1 Å². The molecule has 0 bridgehead atoms. The van der Waals surface area contributed by atoms with Crippen LogP contribution in [0.5, 0.6) is 0 Å². The van der Waals surface area contributed by atoms with E-state index in [-0.39, 0.29) is 0 Å². The number of hydrogen-bond donors (Lipinski definition) is 1. The van der Waals surface area contributed by atoms with Crippen molar-refractivity contribution in [1.29, 1.82) is 0 Å². The van der Waals surface area contributed by atoms with Gasteiger partial charge in [-0.15, -0.1) is 0 Å². The number of rotatable bonds is 0. The molecule has 2 N–H and O–H groups in total. The van der Waals surface area contributed by atoms with Crippen molar-refractivity contribution in [3.05, 3.63) is 21.4 Å². The summed E-state index contributed by atoms with van der Waals surface area (Å²) in [7, 11) is 0. The van der Waals surface area contributed by atoms with Crippen LogP contribution in [0.25, 0.3) is 0 Å². The third kappa shape index (κ3) is 1.51. The van der Waals surface area contributed by atoms with Crippen LogP contribution in [-0.4, -0.2) is 0 Å². The lowest BCUT2D eigenvalue weighted by atomic mass is 10.1. The van der Waals surface area contributed by atoms with Gasteiger partial charge in [0.25, 0.3) is 0 Å². The van der Waals surface area contributed by atoms with E-state index in [9.17, 15) is 0 Å². The van der Waals surface area contributed by atoms with Gasteiger partial charge in [0, 0.05) is 5.70 Å². The second kappa shape index (κ2) is 2.53. The molecule has 0 spiro atoms. The third-order valence-corrected chi connectivity index (χ3v) is 2.03. The van der Waals surface area contributed by atoms with Gasteiger partial charge >= 0.3 is 0 Å². The van der Waals surface area contributed by atoms with E-state index < -0.39 is 0 Å². The Morgan fingerprint density at radius 2 is 2.12 bits per heavy atom. The van der Waals surface area contributed by atoms with Gasteiger partial charge in [-0.25, -0.2) is 0 Å². The molecule has 0 aromatic heterocycles. The molecule has 8 heavy (non-hydrogen) atoms. The molecule has 0 radical (unpaired) electrons. The van der Waals surface area contributed by atoms with Crippen LogP contribution in [0.1, 0.15) is 12.8 Å². The van der Waals surface area contributed by atoms with Crippen LogP contribution < -0.4 is 5.73 Å². The molecule has 0 amide bonds. The first kappa shape index (κ1) is 6.13. The molecule has 1 aliphatic carbocycles. The highest BCUT2D eigenvalue weighted by Gasteiger charge is 1.97. The molecule has 0 aromatic carbocycles. The predicted molar refractivity (Wildman–Crippen MR) is 43.6 cm³/mol. The number of nitrogens with two attached hydrogens (primary N) is 1. The summed E-state index contributed by atoms with van der Waals surface area (Å²) in [6.07, 6.45) is 6.21. The van der Waals surface area contributed by atoms with Gasteiger partial charge in [0.1, 0.15) is 0 Å². The zero-order valence-electron chi connectivity index (χ0n) is 4.52. The summed E-state index contributed by atoms with van der Waals surface area (Å²) < 4.78 is 1.40. The van der Waals surface area contributed by atoms with E-state index in [2.05, 4.69) is 28.7 Å². The van der Waals surface area contributed by atoms with E-state index in [1.165, 1.54) is 3.58 Å². The van der Waals surface area contributed by atoms with Crippen LogP contribution in [-0.2, 0) is 0 Å². The first-order valence-electron chi connectivity index (χ1n) is 2.60. The van der Waals surface area contributed by atoms with Crippen LogP contribution in [0.2, 0.25) is 0 Å². The summed E-state index contributed by atoms with van der Waals surface area (Å²) in [6.45, 7) is 0. The van der Waals surface area contributed by atoms with E-state index in [4.69, 9.17) is 5.73 Å². The topological polar surface area (TPSA) is 26.0 Å². The molecular weight excluding hydrogens is 213 g/mol. The Labute approximate surface area is 62.8 Å². The van der Waals surface area contributed by atoms with Gasteiger partial charge in [0.2, 0.25) is 0 Å². The normalized spacial score (nSPS) is 19.6. The largest absolute Gasteiger partial charge is 0.402 e. The average Bonchev–Trinajstić information content (AvgIpc) is 1.77. The third-order valence-electron chi connectivity index (χ3n) is 1.13. The van der Waals surface area contributed by atoms with Crippen LogP contribution in [0, 0.1) is 0 Å². The molecule has 0 saturated carbocycles. The summed E-state index contributed by atoms with van der Waals surface area (Å²) in [6, 6.07) is 0. The molecule has 44 valence electrons. The molecule has 0 aliphatic heterocycles. The number of halogens is 1.